The van der Waals surface area contributed by atoms with E-state index in [1.54, 1.807) is 20.8 Å². The van der Waals surface area contributed by atoms with Gasteiger partial charge >= 0.3 is 6.18 Å². The number of nitrogens with zero attached hydrogens (tertiary/aromatic N) is 2. The van der Waals surface area contributed by atoms with E-state index in [1.807, 2.05) is 0 Å². The number of methoxy groups -OCH3 is 1. The molecule has 1 aromatic rings. The fourth-order valence-corrected chi connectivity index (χ4v) is 4.86. The molecule has 1 fully saturated rings. The maximum Gasteiger partial charge on any atom is 0.401 e. The smallest absolute Gasteiger partial charge is 0.401 e. The Balaban J connectivity index is 2.24. The Hall–Kier alpha value is -1.85. The van der Waals surface area contributed by atoms with E-state index in [0.717, 1.165) is 0 Å². The van der Waals surface area contributed by atoms with Gasteiger partial charge in [0, 0.05) is 37.3 Å². The van der Waals surface area contributed by atoms with Crippen LogP contribution >= 0.6 is 0 Å². The van der Waals surface area contributed by atoms with Gasteiger partial charge in [-0.05, 0) is 45.4 Å². The summed E-state index contributed by atoms with van der Waals surface area (Å²) in [5, 5.41) is 0. The van der Waals surface area contributed by atoms with E-state index in [4.69, 9.17) is 4.74 Å². The van der Waals surface area contributed by atoms with E-state index in [2.05, 4.69) is 4.72 Å². The number of rotatable bonds is 5. The Morgan fingerprint density at radius 3 is 2.37 bits per heavy atom. The molecule has 0 atom stereocenters. The summed E-state index contributed by atoms with van der Waals surface area (Å²) < 4.78 is 71.2. The van der Waals surface area contributed by atoms with Crippen LogP contribution in [0.1, 0.15) is 37.6 Å². The zero-order valence-electron chi connectivity index (χ0n) is 17.5. The third-order valence-electron chi connectivity index (χ3n) is 4.42. The van der Waals surface area contributed by atoms with Crippen LogP contribution in [0, 0.1) is 0 Å². The first-order chi connectivity index (χ1) is 13.7. The summed E-state index contributed by atoms with van der Waals surface area (Å²) in [6, 6.07) is 4.10. The third-order valence-corrected chi connectivity index (χ3v) is 6.20. The average Bonchev–Trinajstić information content (AvgIpc) is 2.82. The van der Waals surface area contributed by atoms with Crippen molar-refractivity contribution >= 4 is 15.9 Å². The first-order valence-corrected chi connectivity index (χ1v) is 11.0. The van der Waals surface area contributed by atoms with Crippen molar-refractivity contribution in [1.29, 1.82) is 0 Å². The van der Waals surface area contributed by atoms with Crippen molar-refractivity contribution in [3.05, 3.63) is 23.8 Å². The predicted octanol–water partition coefficient (Wildman–Crippen LogP) is 2.48. The minimum absolute atomic E-state index is 0.0931. The molecule has 0 radical (unpaired) electrons. The molecule has 0 unspecified atom stereocenters. The van der Waals surface area contributed by atoms with Gasteiger partial charge in [-0.1, -0.05) is 0 Å². The number of sulfonamides is 1. The predicted molar refractivity (Wildman–Crippen MR) is 106 cm³/mol. The van der Waals surface area contributed by atoms with Crippen LogP contribution in [0.3, 0.4) is 0 Å². The van der Waals surface area contributed by atoms with Crippen LogP contribution in [0.2, 0.25) is 0 Å². The minimum Gasteiger partial charge on any atom is -0.495 e. The van der Waals surface area contributed by atoms with E-state index in [1.165, 1.54) is 35.1 Å². The van der Waals surface area contributed by atoms with Crippen LogP contribution in [0.25, 0.3) is 0 Å². The van der Waals surface area contributed by atoms with Crippen molar-refractivity contribution in [2.24, 2.45) is 0 Å². The average molecular weight is 452 g/mol. The topological polar surface area (TPSA) is 79.0 Å². The number of halogens is 3. The molecule has 2 rings (SSSR count). The normalized spacial score (nSPS) is 17.0. The molecule has 1 saturated heterocycles. The van der Waals surface area contributed by atoms with Crippen molar-refractivity contribution in [3.63, 3.8) is 0 Å². The van der Waals surface area contributed by atoms with Crippen LogP contribution in [0.4, 0.5) is 13.2 Å². The molecule has 0 aromatic heterocycles. The highest BCUT2D eigenvalue weighted by molar-refractivity contribution is 7.89. The summed E-state index contributed by atoms with van der Waals surface area (Å²) >= 11 is 0. The fourth-order valence-electron chi connectivity index (χ4n) is 3.25. The second-order valence-corrected chi connectivity index (χ2v) is 9.91. The van der Waals surface area contributed by atoms with E-state index < -0.39 is 34.2 Å². The van der Waals surface area contributed by atoms with Crippen LogP contribution in [0.5, 0.6) is 5.75 Å². The molecular formula is C19H28F3N3O4S. The molecule has 11 heteroatoms. The molecule has 0 aliphatic carbocycles. The summed E-state index contributed by atoms with van der Waals surface area (Å²) in [5.74, 6) is -0.339. The number of nitrogens with one attached hydrogen (secondary N) is 1. The third kappa shape index (κ3) is 6.85. The van der Waals surface area contributed by atoms with Crippen LogP contribution in [0.15, 0.2) is 23.1 Å². The van der Waals surface area contributed by atoms with E-state index in [-0.39, 0.29) is 35.8 Å². The Kier molecular flexibility index (Phi) is 7.41. The molecule has 1 heterocycles. The van der Waals surface area contributed by atoms with Crippen LogP contribution in [-0.2, 0) is 10.0 Å². The zero-order chi connectivity index (χ0) is 22.7. The van der Waals surface area contributed by atoms with Crippen LogP contribution < -0.4 is 9.46 Å². The van der Waals surface area contributed by atoms with Crippen molar-refractivity contribution in [2.75, 3.05) is 39.8 Å². The number of hydrogen-bond acceptors (Lipinski definition) is 5. The van der Waals surface area contributed by atoms with Gasteiger partial charge in [0.15, 0.2) is 0 Å². The Morgan fingerprint density at radius 2 is 1.80 bits per heavy atom. The standard InChI is InChI=1S/C19H28F3N3O4S/c1-18(2,3)23-30(27,28)16-12-14(6-7-15(16)29-4)17(26)25-9-5-8-24(10-11-25)13-19(20,21)22/h6-7,12,23H,5,8-11,13H2,1-4H3. The van der Waals surface area contributed by atoms with Gasteiger partial charge in [-0.25, -0.2) is 13.1 Å². The van der Waals surface area contributed by atoms with Crippen molar-refractivity contribution in [1.82, 2.24) is 14.5 Å². The number of ether oxygens (including phenoxy) is 1. The number of carbonyl (C=O) groups is 1. The van der Waals surface area contributed by atoms with Crippen molar-refractivity contribution < 1.29 is 31.1 Å². The first kappa shape index (κ1) is 24.4. The van der Waals surface area contributed by atoms with Gasteiger partial charge in [-0.3, -0.25) is 9.69 Å². The molecule has 1 N–H and O–H groups in total. The monoisotopic (exact) mass is 451 g/mol. The molecule has 0 spiro atoms. The lowest BCUT2D eigenvalue weighted by Crippen LogP contribution is -2.40. The summed E-state index contributed by atoms with van der Waals surface area (Å²) in [6.45, 7) is 4.81. The van der Waals surface area contributed by atoms with Gasteiger partial charge in [0.05, 0.1) is 13.7 Å². The summed E-state index contributed by atoms with van der Waals surface area (Å²) in [4.78, 5) is 15.5. The fraction of sp³-hybridized carbons (Fsp3) is 0.632. The van der Waals surface area contributed by atoms with E-state index in [9.17, 15) is 26.4 Å². The second kappa shape index (κ2) is 9.11. The molecular weight excluding hydrogens is 423 g/mol. The highest BCUT2D eigenvalue weighted by atomic mass is 32.2. The summed E-state index contributed by atoms with van der Waals surface area (Å²) in [5.41, 5.74) is -0.606. The van der Waals surface area contributed by atoms with Gasteiger partial charge in [0.2, 0.25) is 10.0 Å². The minimum atomic E-state index is -4.29. The van der Waals surface area contributed by atoms with Crippen LogP contribution in [-0.4, -0.2) is 75.7 Å². The maximum absolute atomic E-state index is 12.9. The SMILES string of the molecule is COc1ccc(C(=O)N2CCCN(CC(F)(F)F)CC2)cc1S(=O)(=O)NC(C)(C)C. The summed E-state index contributed by atoms with van der Waals surface area (Å²) in [6.07, 6.45) is -3.90. The number of benzene rings is 1. The van der Waals surface area contributed by atoms with Crippen molar-refractivity contribution in [2.45, 2.75) is 43.8 Å². The summed E-state index contributed by atoms with van der Waals surface area (Å²) in [7, 11) is -2.63. The lowest BCUT2D eigenvalue weighted by atomic mass is 10.1. The molecule has 1 aliphatic heterocycles. The number of alkyl halides is 3. The highest BCUT2D eigenvalue weighted by Gasteiger charge is 2.32. The first-order valence-electron chi connectivity index (χ1n) is 9.52. The lowest BCUT2D eigenvalue weighted by molar-refractivity contribution is -0.145. The van der Waals surface area contributed by atoms with Gasteiger partial charge in [-0.15, -0.1) is 0 Å². The Labute approximate surface area is 175 Å². The molecule has 7 nitrogen and oxygen atoms in total. The van der Waals surface area contributed by atoms with Crippen molar-refractivity contribution in [3.8, 4) is 5.75 Å². The van der Waals surface area contributed by atoms with Gasteiger partial charge in [0.25, 0.3) is 5.91 Å². The zero-order valence-corrected chi connectivity index (χ0v) is 18.4. The second-order valence-electron chi connectivity index (χ2n) is 8.26. The number of hydrogen-bond donors (Lipinski definition) is 1. The van der Waals surface area contributed by atoms with Gasteiger partial charge < -0.3 is 9.64 Å². The Bertz CT molecular complexity index is 867. The van der Waals surface area contributed by atoms with Gasteiger partial charge in [0.1, 0.15) is 10.6 Å². The maximum atomic E-state index is 12.9. The molecule has 1 aliphatic rings. The Morgan fingerprint density at radius 1 is 1.13 bits per heavy atom. The molecule has 170 valence electrons. The molecule has 0 saturated carbocycles. The number of carbonyl (C=O) groups excluding carboxylic acids is 1. The number of amides is 1. The van der Waals surface area contributed by atoms with E-state index in [0.29, 0.717) is 13.0 Å². The quantitative estimate of drug-likeness (QED) is 0.744. The molecule has 0 bridgehead atoms. The largest absolute Gasteiger partial charge is 0.495 e. The molecule has 1 amide bonds. The molecule has 30 heavy (non-hydrogen) atoms. The van der Waals surface area contributed by atoms with Gasteiger partial charge in [-0.2, -0.15) is 13.2 Å². The molecule has 1 aromatic carbocycles. The van der Waals surface area contributed by atoms with E-state index >= 15 is 0 Å². The highest BCUT2D eigenvalue weighted by Crippen LogP contribution is 2.27. The lowest BCUT2D eigenvalue weighted by Gasteiger charge is -2.24.